The highest BCUT2D eigenvalue weighted by Gasteiger charge is 2.25. The number of hydrogen-bond donors (Lipinski definition) is 0. The Labute approximate surface area is 118 Å². The van der Waals surface area contributed by atoms with Crippen LogP contribution in [0.25, 0.3) is 16.9 Å². The molecule has 0 bridgehead atoms. The van der Waals surface area contributed by atoms with E-state index in [1.54, 1.807) is 47.0 Å². The summed E-state index contributed by atoms with van der Waals surface area (Å²) < 4.78 is 12.3. The molecule has 104 valence electrons. The van der Waals surface area contributed by atoms with Crippen molar-refractivity contribution in [2.75, 3.05) is 6.79 Å². The quantitative estimate of drug-likeness (QED) is 0.533. The van der Waals surface area contributed by atoms with E-state index in [9.17, 15) is 10.1 Å². The molecule has 1 aliphatic heterocycles. The zero-order valence-electron chi connectivity index (χ0n) is 10.7. The van der Waals surface area contributed by atoms with Crippen molar-refractivity contribution in [1.82, 2.24) is 9.38 Å². The van der Waals surface area contributed by atoms with Crippen LogP contribution in [0.4, 0.5) is 5.82 Å². The van der Waals surface area contributed by atoms with Crippen molar-refractivity contribution in [2.45, 2.75) is 0 Å². The van der Waals surface area contributed by atoms with Crippen molar-refractivity contribution in [2.24, 2.45) is 0 Å². The van der Waals surface area contributed by atoms with Gasteiger partial charge in [0, 0.05) is 17.8 Å². The molecule has 0 radical (unpaired) electrons. The highest BCUT2D eigenvalue weighted by Crippen LogP contribution is 2.38. The van der Waals surface area contributed by atoms with Gasteiger partial charge in [-0.15, -0.1) is 0 Å². The smallest absolute Gasteiger partial charge is 0.390 e. The first-order chi connectivity index (χ1) is 10.2. The molecule has 3 heterocycles. The van der Waals surface area contributed by atoms with Crippen molar-refractivity contribution in [1.29, 1.82) is 0 Å². The minimum atomic E-state index is -0.479. The maximum atomic E-state index is 11.3. The molecule has 0 aliphatic carbocycles. The van der Waals surface area contributed by atoms with Crippen LogP contribution in [-0.2, 0) is 0 Å². The van der Waals surface area contributed by atoms with E-state index in [0.717, 1.165) is 0 Å². The first-order valence-corrected chi connectivity index (χ1v) is 6.25. The predicted molar refractivity (Wildman–Crippen MR) is 73.4 cm³/mol. The van der Waals surface area contributed by atoms with Gasteiger partial charge in [-0.05, 0) is 34.2 Å². The first kappa shape index (κ1) is 11.7. The second-order valence-electron chi connectivity index (χ2n) is 4.54. The summed E-state index contributed by atoms with van der Waals surface area (Å²) in [5.41, 5.74) is 1.61. The molecule has 21 heavy (non-hydrogen) atoms. The van der Waals surface area contributed by atoms with Crippen LogP contribution in [-0.4, -0.2) is 21.1 Å². The SMILES string of the molecule is O=[N+]([O-])c1nc2ccccn2c1-c1ccc2c(c1)OCO2. The van der Waals surface area contributed by atoms with Gasteiger partial charge in [0.15, 0.2) is 17.2 Å². The number of imidazole rings is 1. The zero-order valence-corrected chi connectivity index (χ0v) is 10.7. The molecular weight excluding hydrogens is 274 g/mol. The summed E-state index contributed by atoms with van der Waals surface area (Å²) in [4.78, 5) is 14.9. The number of aromatic nitrogens is 2. The molecule has 0 fully saturated rings. The number of pyridine rings is 1. The molecule has 0 unspecified atom stereocenters. The van der Waals surface area contributed by atoms with Crippen molar-refractivity contribution in [3.63, 3.8) is 0 Å². The fourth-order valence-corrected chi connectivity index (χ4v) is 2.42. The third kappa shape index (κ3) is 1.71. The van der Waals surface area contributed by atoms with Crippen LogP contribution in [0.1, 0.15) is 0 Å². The molecule has 0 spiro atoms. The van der Waals surface area contributed by atoms with Crippen LogP contribution >= 0.6 is 0 Å². The summed E-state index contributed by atoms with van der Waals surface area (Å²) in [6.07, 6.45) is 1.75. The molecule has 0 amide bonds. The lowest BCUT2D eigenvalue weighted by atomic mass is 10.1. The molecule has 0 saturated carbocycles. The second-order valence-corrected chi connectivity index (χ2v) is 4.54. The van der Waals surface area contributed by atoms with Gasteiger partial charge in [0.1, 0.15) is 0 Å². The van der Waals surface area contributed by atoms with Crippen molar-refractivity contribution < 1.29 is 14.4 Å². The molecule has 1 aliphatic rings. The fraction of sp³-hybridized carbons (Fsp3) is 0.0714. The predicted octanol–water partition coefficient (Wildman–Crippen LogP) is 2.64. The largest absolute Gasteiger partial charge is 0.454 e. The van der Waals surface area contributed by atoms with Gasteiger partial charge in [0.25, 0.3) is 5.65 Å². The summed E-state index contributed by atoms with van der Waals surface area (Å²) in [7, 11) is 0. The van der Waals surface area contributed by atoms with Gasteiger partial charge in [-0.25, -0.2) is 0 Å². The molecule has 7 nitrogen and oxygen atoms in total. The molecule has 4 rings (SSSR count). The van der Waals surface area contributed by atoms with Crippen molar-refractivity contribution >= 4 is 11.5 Å². The Balaban J connectivity index is 2.00. The third-order valence-corrected chi connectivity index (χ3v) is 3.33. The normalized spacial score (nSPS) is 12.8. The highest BCUT2D eigenvalue weighted by molar-refractivity contribution is 5.74. The summed E-state index contributed by atoms with van der Waals surface area (Å²) in [6.45, 7) is 0.161. The Bertz CT molecular complexity index is 872. The van der Waals surface area contributed by atoms with E-state index in [1.807, 2.05) is 0 Å². The van der Waals surface area contributed by atoms with E-state index in [4.69, 9.17) is 9.47 Å². The van der Waals surface area contributed by atoms with Crippen LogP contribution in [0, 0.1) is 10.1 Å². The summed E-state index contributed by atoms with van der Waals surface area (Å²) >= 11 is 0. The van der Waals surface area contributed by atoms with Gasteiger partial charge in [-0.1, -0.05) is 6.07 Å². The fourth-order valence-electron chi connectivity index (χ4n) is 2.42. The minimum Gasteiger partial charge on any atom is -0.454 e. The lowest BCUT2D eigenvalue weighted by Gasteiger charge is -2.03. The first-order valence-electron chi connectivity index (χ1n) is 6.25. The molecule has 7 heteroatoms. The maximum absolute atomic E-state index is 11.3. The van der Waals surface area contributed by atoms with Gasteiger partial charge in [-0.2, -0.15) is 0 Å². The van der Waals surface area contributed by atoms with Gasteiger partial charge in [-0.3, -0.25) is 4.40 Å². The van der Waals surface area contributed by atoms with Crippen LogP contribution < -0.4 is 9.47 Å². The van der Waals surface area contributed by atoms with E-state index in [1.165, 1.54) is 0 Å². The number of nitro groups is 1. The molecule has 2 aromatic heterocycles. The highest BCUT2D eigenvalue weighted by atomic mass is 16.7. The van der Waals surface area contributed by atoms with Crippen LogP contribution in [0.15, 0.2) is 42.6 Å². The summed E-state index contributed by atoms with van der Waals surface area (Å²) in [6, 6.07) is 10.5. The van der Waals surface area contributed by atoms with Crippen LogP contribution in [0.5, 0.6) is 11.5 Å². The van der Waals surface area contributed by atoms with Crippen molar-refractivity contribution in [3.05, 3.63) is 52.7 Å². The van der Waals surface area contributed by atoms with E-state index < -0.39 is 4.92 Å². The molecule has 1 aromatic carbocycles. The lowest BCUT2D eigenvalue weighted by molar-refractivity contribution is -0.388. The Hall–Kier alpha value is -3.09. The van der Waals surface area contributed by atoms with Crippen LogP contribution in [0.3, 0.4) is 0 Å². The number of benzene rings is 1. The molecule has 0 N–H and O–H groups in total. The van der Waals surface area contributed by atoms with E-state index >= 15 is 0 Å². The number of rotatable bonds is 2. The number of fused-ring (bicyclic) bond motifs is 2. The van der Waals surface area contributed by atoms with Gasteiger partial charge >= 0.3 is 5.82 Å². The van der Waals surface area contributed by atoms with E-state index in [-0.39, 0.29) is 12.6 Å². The van der Waals surface area contributed by atoms with E-state index in [0.29, 0.717) is 28.4 Å². The molecular formula is C14H9N3O4. The Morgan fingerprint density at radius 3 is 2.90 bits per heavy atom. The molecule has 3 aromatic rings. The van der Waals surface area contributed by atoms with Gasteiger partial charge in [0.2, 0.25) is 6.79 Å². The number of nitrogens with zero attached hydrogens (tertiary/aromatic N) is 3. The van der Waals surface area contributed by atoms with E-state index in [2.05, 4.69) is 4.98 Å². The standard InChI is InChI=1S/C14H9N3O4/c18-17(19)14-13(16-6-2-1-3-12(16)15-14)9-4-5-10-11(7-9)21-8-20-10/h1-7H,8H2. The number of hydrogen-bond acceptors (Lipinski definition) is 5. The number of ether oxygens (including phenoxy) is 2. The summed E-state index contributed by atoms with van der Waals surface area (Å²) in [5.74, 6) is 1.03. The molecule has 0 saturated heterocycles. The topological polar surface area (TPSA) is 78.9 Å². The average molecular weight is 283 g/mol. The average Bonchev–Trinajstić information content (AvgIpc) is 3.10. The third-order valence-electron chi connectivity index (χ3n) is 3.33. The van der Waals surface area contributed by atoms with Gasteiger partial charge < -0.3 is 19.6 Å². The Morgan fingerprint density at radius 2 is 2.05 bits per heavy atom. The Morgan fingerprint density at radius 1 is 1.19 bits per heavy atom. The summed E-state index contributed by atoms with van der Waals surface area (Å²) in [5, 5.41) is 11.3. The zero-order chi connectivity index (χ0) is 14.4. The van der Waals surface area contributed by atoms with Crippen LogP contribution in [0.2, 0.25) is 0 Å². The van der Waals surface area contributed by atoms with Gasteiger partial charge in [0.05, 0.1) is 0 Å². The maximum Gasteiger partial charge on any atom is 0.390 e. The molecule has 0 atom stereocenters. The minimum absolute atomic E-state index is 0.161. The monoisotopic (exact) mass is 283 g/mol. The van der Waals surface area contributed by atoms with Crippen molar-refractivity contribution in [3.8, 4) is 22.8 Å². The second kappa shape index (κ2) is 4.20. The Kier molecular flexibility index (Phi) is 2.34. The lowest BCUT2D eigenvalue weighted by Crippen LogP contribution is -1.93.